The third-order valence-corrected chi connectivity index (χ3v) is 8.75. The summed E-state index contributed by atoms with van der Waals surface area (Å²) in [6.07, 6.45) is 0.145. The number of hydrogen-bond acceptors (Lipinski definition) is 7. The van der Waals surface area contributed by atoms with Crippen molar-refractivity contribution in [3.8, 4) is 5.75 Å². The van der Waals surface area contributed by atoms with E-state index in [2.05, 4.69) is 4.90 Å². The highest BCUT2D eigenvalue weighted by molar-refractivity contribution is 7.93. The second kappa shape index (κ2) is 12.5. The summed E-state index contributed by atoms with van der Waals surface area (Å²) in [4.78, 5) is 15.2. The second-order valence-electron chi connectivity index (χ2n) is 8.97. The van der Waals surface area contributed by atoms with Crippen LogP contribution in [0, 0.1) is 0 Å². The second-order valence-corrected chi connectivity index (χ2v) is 11.2. The quantitative estimate of drug-likeness (QED) is 0.425. The van der Waals surface area contributed by atoms with Gasteiger partial charge in [0, 0.05) is 19.6 Å². The minimum atomic E-state index is -4.44. The number of carbonyl (C=O) groups is 1. The highest BCUT2D eigenvalue weighted by atomic mass is 32.2. The minimum absolute atomic E-state index is 0.106. The van der Waals surface area contributed by atoms with E-state index in [9.17, 15) is 18.3 Å². The van der Waals surface area contributed by atoms with Crippen LogP contribution in [0.15, 0.2) is 71.1 Å². The minimum Gasteiger partial charge on any atom is -0.497 e. The highest BCUT2D eigenvalue weighted by Crippen LogP contribution is 2.43. The Balaban J connectivity index is 2.11. The number of morpholine rings is 1. The molecule has 2 aromatic rings. The Kier molecular flexibility index (Phi) is 9.67. The lowest BCUT2D eigenvalue weighted by Gasteiger charge is -2.37. The van der Waals surface area contributed by atoms with Gasteiger partial charge in [-0.15, -0.1) is 0 Å². The number of carboxylic acid groups (broad SMARTS) is 1. The van der Waals surface area contributed by atoms with E-state index in [1.165, 1.54) is 31.4 Å². The summed E-state index contributed by atoms with van der Waals surface area (Å²) in [5, 5.41) is 10.7. The molecule has 9 heteroatoms. The van der Waals surface area contributed by atoms with Gasteiger partial charge in [-0.2, -0.15) is 0 Å². The number of allylic oxidation sites excluding steroid dienone is 2. The van der Waals surface area contributed by atoms with E-state index in [4.69, 9.17) is 14.2 Å². The molecule has 1 fully saturated rings. The fraction of sp³-hybridized carbons (Fsp3) is 0.444. The van der Waals surface area contributed by atoms with Gasteiger partial charge in [0.15, 0.2) is 9.84 Å². The van der Waals surface area contributed by atoms with Crippen molar-refractivity contribution >= 4 is 15.8 Å². The van der Waals surface area contributed by atoms with Crippen LogP contribution in [-0.4, -0.2) is 75.7 Å². The number of benzene rings is 2. The van der Waals surface area contributed by atoms with E-state index in [-0.39, 0.29) is 17.9 Å². The van der Waals surface area contributed by atoms with Gasteiger partial charge in [0.25, 0.3) is 0 Å². The summed E-state index contributed by atoms with van der Waals surface area (Å²) in [7, 11) is -2.96. The molecule has 1 heterocycles. The zero-order valence-electron chi connectivity index (χ0n) is 21.1. The standard InChI is InChI=1S/C27H35NO7S/c1-21(2)13-14-27(26(29)30,36(31,32)24-11-9-23(33-3)10-12-24)25(22-7-5-4-6-8-22)35-20-17-28-15-18-34-19-16-28/h4-13,25H,14-20H2,1-3H3,(H,29,30). The first-order valence-electron chi connectivity index (χ1n) is 11.9. The summed E-state index contributed by atoms with van der Waals surface area (Å²) in [6.45, 7) is 7.04. The van der Waals surface area contributed by atoms with Gasteiger partial charge in [-0.05, 0) is 50.1 Å². The third-order valence-electron chi connectivity index (χ3n) is 6.35. The number of nitrogens with zero attached hydrogens (tertiary/aromatic N) is 1. The highest BCUT2D eigenvalue weighted by Gasteiger charge is 2.58. The predicted octanol–water partition coefficient (Wildman–Crippen LogP) is 3.74. The van der Waals surface area contributed by atoms with Gasteiger partial charge >= 0.3 is 5.97 Å². The fourth-order valence-corrected chi connectivity index (χ4v) is 6.18. The maximum atomic E-state index is 14.2. The van der Waals surface area contributed by atoms with Crippen LogP contribution in [0.5, 0.6) is 5.75 Å². The number of hydrogen-bond donors (Lipinski definition) is 1. The Morgan fingerprint density at radius 2 is 1.75 bits per heavy atom. The number of methoxy groups -OCH3 is 1. The van der Waals surface area contributed by atoms with Gasteiger partial charge in [0.1, 0.15) is 11.9 Å². The molecule has 1 aliphatic heterocycles. The average Bonchev–Trinajstić information content (AvgIpc) is 2.88. The molecule has 0 amide bonds. The van der Waals surface area contributed by atoms with Crippen molar-refractivity contribution < 1.29 is 32.5 Å². The van der Waals surface area contributed by atoms with E-state index in [0.717, 1.165) is 18.7 Å². The van der Waals surface area contributed by atoms with Crippen LogP contribution in [0.4, 0.5) is 0 Å². The molecule has 0 spiro atoms. The molecule has 8 nitrogen and oxygen atoms in total. The van der Waals surface area contributed by atoms with E-state index in [0.29, 0.717) is 31.1 Å². The summed E-state index contributed by atoms with van der Waals surface area (Å²) < 4.78 is 43.0. The van der Waals surface area contributed by atoms with Crippen molar-refractivity contribution in [2.75, 3.05) is 46.6 Å². The van der Waals surface area contributed by atoms with Crippen molar-refractivity contribution in [3.05, 3.63) is 71.8 Å². The number of ether oxygens (including phenoxy) is 3. The predicted molar refractivity (Wildman–Crippen MR) is 137 cm³/mol. The van der Waals surface area contributed by atoms with Crippen LogP contribution in [0.3, 0.4) is 0 Å². The SMILES string of the molecule is COc1ccc(S(=O)(=O)C(CC=C(C)C)(C(=O)O)C(OCCN2CCOCC2)c2ccccc2)cc1. The first-order chi connectivity index (χ1) is 17.2. The van der Waals surface area contributed by atoms with Crippen LogP contribution in [0.1, 0.15) is 31.9 Å². The van der Waals surface area contributed by atoms with Crippen molar-refractivity contribution in [2.24, 2.45) is 0 Å². The van der Waals surface area contributed by atoms with Crippen LogP contribution in [0.25, 0.3) is 0 Å². The van der Waals surface area contributed by atoms with Crippen LogP contribution in [-0.2, 0) is 24.1 Å². The monoisotopic (exact) mass is 517 g/mol. The van der Waals surface area contributed by atoms with Gasteiger partial charge in [-0.25, -0.2) is 8.42 Å². The normalized spacial score (nSPS) is 17.1. The van der Waals surface area contributed by atoms with E-state index < -0.39 is 26.7 Å². The first kappa shape index (κ1) is 27.9. The van der Waals surface area contributed by atoms with Crippen LogP contribution < -0.4 is 4.74 Å². The van der Waals surface area contributed by atoms with E-state index in [1.54, 1.807) is 36.4 Å². The van der Waals surface area contributed by atoms with Crippen molar-refractivity contribution in [1.29, 1.82) is 0 Å². The molecule has 3 rings (SSSR count). The first-order valence-corrected chi connectivity index (χ1v) is 13.4. The molecule has 2 atom stereocenters. The van der Waals surface area contributed by atoms with Gasteiger partial charge < -0.3 is 19.3 Å². The van der Waals surface area contributed by atoms with Gasteiger partial charge in [-0.1, -0.05) is 42.0 Å². The van der Waals surface area contributed by atoms with Crippen molar-refractivity contribution in [2.45, 2.75) is 36.0 Å². The molecule has 2 unspecified atom stereocenters. The Morgan fingerprint density at radius 1 is 1.11 bits per heavy atom. The molecule has 36 heavy (non-hydrogen) atoms. The van der Waals surface area contributed by atoms with Gasteiger partial charge in [-0.3, -0.25) is 9.69 Å². The fourth-order valence-electron chi connectivity index (χ4n) is 4.25. The molecule has 0 aromatic heterocycles. The number of rotatable bonds is 12. The van der Waals surface area contributed by atoms with Crippen LogP contribution in [0.2, 0.25) is 0 Å². The Morgan fingerprint density at radius 3 is 2.31 bits per heavy atom. The zero-order valence-corrected chi connectivity index (χ0v) is 21.9. The summed E-state index contributed by atoms with van der Waals surface area (Å²) >= 11 is 0. The molecule has 0 radical (unpaired) electrons. The Hall–Kier alpha value is -2.72. The van der Waals surface area contributed by atoms with E-state index >= 15 is 0 Å². The number of carboxylic acids is 1. The molecule has 1 aliphatic rings. The maximum Gasteiger partial charge on any atom is 0.328 e. The van der Waals surface area contributed by atoms with Crippen molar-refractivity contribution in [1.82, 2.24) is 4.90 Å². The number of aliphatic carboxylic acids is 1. The van der Waals surface area contributed by atoms with Gasteiger partial charge in [0.2, 0.25) is 4.75 Å². The molecule has 2 aromatic carbocycles. The zero-order chi connectivity index (χ0) is 26.2. The molecular formula is C27H35NO7S. The van der Waals surface area contributed by atoms with Crippen LogP contribution >= 0.6 is 0 Å². The lowest BCUT2D eigenvalue weighted by Crippen LogP contribution is -2.52. The van der Waals surface area contributed by atoms with Crippen molar-refractivity contribution in [3.63, 3.8) is 0 Å². The third kappa shape index (κ3) is 6.15. The smallest absolute Gasteiger partial charge is 0.328 e. The maximum absolute atomic E-state index is 14.2. The summed E-state index contributed by atoms with van der Waals surface area (Å²) in [6, 6.07) is 14.5. The molecular weight excluding hydrogens is 482 g/mol. The van der Waals surface area contributed by atoms with Gasteiger partial charge in [0.05, 0.1) is 31.8 Å². The molecule has 196 valence electrons. The molecule has 0 saturated carbocycles. The topological polar surface area (TPSA) is 102 Å². The lowest BCUT2D eigenvalue weighted by atomic mass is 9.90. The number of sulfone groups is 1. The molecule has 0 bridgehead atoms. The molecule has 0 aliphatic carbocycles. The average molecular weight is 518 g/mol. The Labute approximate surface area is 213 Å². The molecule has 1 saturated heterocycles. The Bertz CT molecular complexity index is 1120. The molecule has 1 N–H and O–H groups in total. The largest absolute Gasteiger partial charge is 0.497 e. The summed E-state index contributed by atoms with van der Waals surface area (Å²) in [5.41, 5.74) is 1.30. The van der Waals surface area contributed by atoms with E-state index in [1.807, 2.05) is 13.8 Å². The summed E-state index contributed by atoms with van der Waals surface area (Å²) in [5.74, 6) is -0.989. The lowest BCUT2D eigenvalue weighted by molar-refractivity contribution is -0.145.